The van der Waals surface area contributed by atoms with E-state index < -0.39 is 0 Å². The highest BCUT2D eigenvalue weighted by Crippen LogP contribution is 2.37. The zero-order chi connectivity index (χ0) is 19.5. The molecule has 1 amide bonds. The van der Waals surface area contributed by atoms with E-state index in [1.807, 2.05) is 49.1 Å². The zero-order valence-electron chi connectivity index (χ0n) is 16.1. The SMILES string of the molecule is CCOc1ccc(CC(=O)N2CCCC2c2[nH]ncc2-c2cc(C)no2)cc1. The van der Waals surface area contributed by atoms with Gasteiger partial charge in [-0.25, -0.2) is 0 Å². The molecule has 7 nitrogen and oxygen atoms in total. The average molecular weight is 380 g/mol. The topological polar surface area (TPSA) is 84.2 Å². The zero-order valence-corrected chi connectivity index (χ0v) is 16.1. The van der Waals surface area contributed by atoms with E-state index in [0.29, 0.717) is 18.8 Å². The van der Waals surface area contributed by atoms with Crippen LogP contribution in [0.3, 0.4) is 0 Å². The van der Waals surface area contributed by atoms with Crippen LogP contribution in [0.15, 0.2) is 41.1 Å². The van der Waals surface area contributed by atoms with Crippen LogP contribution in [0.4, 0.5) is 0 Å². The molecule has 1 aliphatic heterocycles. The van der Waals surface area contributed by atoms with Crippen LogP contribution in [-0.4, -0.2) is 39.3 Å². The lowest BCUT2D eigenvalue weighted by atomic mass is 10.0. The third-order valence-electron chi connectivity index (χ3n) is 5.06. The molecular formula is C21H24N4O3. The third-order valence-corrected chi connectivity index (χ3v) is 5.06. The van der Waals surface area contributed by atoms with Crippen molar-refractivity contribution in [3.63, 3.8) is 0 Å². The summed E-state index contributed by atoms with van der Waals surface area (Å²) in [4.78, 5) is 14.9. The molecule has 0 saturated carbocycles. The fourth-order valence-electron chi connectivity index (χ4n) is 3.75. The van der Waals surface area contributed by atoms with Crippen molar-refractivity contribution in [1.29, 1.82) is 0 Å². The highest BCUT2D eigenvalue weighted by atomic mass is 16.5. The standard InChI is InChI=1S/C21H24N4O3/c1-3-27-16-8-6-15(7-9-16)12-20(26)25-10-4-5-18(25)21-17(13-22-23-21)19-11-14(2)24-28-19/h6-9,11,13,18H,3-5,10,12H2,1-2H3,(H,22,23). The maximum Gasteiger partial charge on any atom is 0.227 e. The van der Waals surface area contributed by atoms with Crippen molar-refractivity contribution in [2.75, 3.05) is 13.2 Å². The lowest BCUT2D eigenvalue weighted by molar-refractivity contribution is -0.131. The molecule has 1 saturated heterocycles. The van der Waals surface area contributed by atoms with E-state index in [1.54, 1.807) is 6.20 Å². The molecule has 1 aromatic carbocycles. The van der Waals surface area contributed by atoms with Crippen LogP contribution in [0.2, 0.25) is 0 Å². The number of H-pyrrole nitrogens is 1. The van der Waals surface area contributed by atoms with E-state index in [0.717, 1.165) is 47.7 Å². The molecule has 3 heterocycles. The maximum atomic E-state index is 13.0. The molecular weight excluding hydrogens is 356 g/mol. The average Bonchev–Trinajstić information content (AvgIpc) is 3.42. The summed E-state index contributed by atoms with van der Waals surface area (Å²) >= 11 is 0. The normalized spacial score (nSPS) is 16.5. The van der Waals surface area contributed by atoms with Gasteiger partial charge in [0.1, 0.15) is 5.75 Å². The van der Waals surface area contributed by atoms with Crippen molar-refractivity contribution >= 4 is 5.91 Å². The molecule has 28 heavy (non-hydrogen) atoms. The van der Waals surface area contributed by atoms with Crippen molar-refractivity contribution in [2.24, 2.45) is 0 Å². The fraction of sp³-hybridized carbons (Fsp3) is 0.381. The second-order valence-corrected chi connectivity index (χ2v) is 7.03. The number of hydrogen-bond acceptors (Lipinski definition) is 5. The minimum Gasteiger partial charge on any atom is -0.494 e. The van der Waals surface area contributed by atoms with Gasteiger partial charge in [-0.2, -0.15) is 5.10 Å². The quantitative estimate of drug-likeness (QED) is 0.705. The van der Waals surface area contributed by atoms with Crippen LogP contribution in [0, 0.1) is 6.92 Å². The van der Waals surface area contributed by atoms with Crippen LogP contribution < -0.4 is 4.74 Å². The van der Waals surface area contributed by atoms with Gasteiger partial charge in [0.15, 0.2) is 5.76 Å². The first-order valence-electron chi connectivity index (χ1n) is 9.64. The lowest BCUT2D eigenvalue weighted by Crippen LogP contribution is -2.32. The van der Waals surface area contributed by atoms with Gasteiger partial charge in [0.25, 0.3) is 0 Å². The van der Waals surface area contributed by atoms with E-state index in [-0.39, 0.29) is 11.9 Å². The van der Waals surface area contributed by atoms with E-state index in [9.17, 15) is 4.79 Å². The first-order valence-corrected chi connectivity index (χ1v) is 9.64. The molecule has 1 fully saturated rings. The summed E-state index contributed by atoms with van der Waals surface area (Å²) in [7, 11) is 0. The van der Waals surface area contributed by atoms with Gasteiger partial charge in [0.05, 0.1) is 42.2 Å². The molecule has 1 N–H and O–H groups in total. The Hall–Kier alpha value is -3.09. The van der Waals surface area contributed by atoms with Crippen molar-refractivity contribution in [3.05, 3.63) is 53.5 Å². The molecule has 0 bridgehead atoms. The Balaban J connectivity index is 1.51. The number of ether oxygens (including phenoxy) is 1. The summed E-state index contributed by atoms with van der Waals surface area (Å²) in [6.45, 7) is 5.21. The fourth-order valence-corrected chi connectivity index (χ4v) is 3.75. The third kappa shape index (κ3) is 3.65. The Morgan fingerprint density at radius 1 is 1.36 bits per heavy atom. The van der Waals surface area contributed by atoms with Gasteiger partial charge in [-0.1, -0.05) is 17.3 Å². The molecule has 4 rings (SSSR count). The number of aromatic nitrogens is 3. The van der Waals surface area contributed by atoms with Gasteiger partial charge in [-0.05, 0) is 44.4 Å². The monoisotopic (exact) mass is 380 g/mol. The summed E-state index contributed by atoms with van der Waals surface area (Å²) in [6, 6.07) is 9.58. The molecule has 0 radical (unpaired) electrons. The van der Waals surface area contributed by atoms with Gasteiger partial charge >= 0.3 is 0 Å². The molecule has 2 aromatic heterocycles. The molecule has 1 aliphatic rings. The minimum absolute atomic E-state index is 0.0295. The number of aromatic amines is 1. The molecule has 1 atom stereocenters. The number of rotatable bonds is 6. The number of carbonyl (C=O) groups is 1. The molecule has 3 aromatic rings. The van der Waals surface area contributed by atoms with Crippen LogP contribution >= 0.6 is 0 Å². The number of nitrogens with one attached hydrogen (secondary N) is 1. The number of likely N-dealkylation sites (tertiary alicyclic amines) is 1. The largest absolute Gasteiger partial charge is 0.494 e. The van der Waals surface area contributed by atoms with E-state index in [2.05, 4.69) is 15.4 Å². The first-order chi connectivity index (χ1) is 13.7. The highest BCUT2D eigenvalue weighted by Gasteiger charge is 2.33. The van der Waals surface area contributed by atoms with Crippen LogP contribution in [0.1, 0.15) is 42.8 Å². The Labute approximate surface area is 163 Å². The van der Waals surface area contributed by atoms with E-state index >= 15 is 0 Å². The maximum absolute atomic E-state index is 13.0. The Morgan fingerprint density at radius 2 is 2.18 bits per heavy atom. The summed E-state index contributed by atoms with van der Waals surface area (Å²) in [6.07, 6.45) is 3.97. The number of carbonyl (C=O) groups excluding carboxylic acids is 1. The smallest absolute Gasteiger partial charge is 0.227 e. The molecule has 1 unspecified atom stereocenters. The number of hydrogen-bond donors (Lipinski definition) is 1. The lowest BCUT2D eigenvalue weighted by Gasteiger charge is -2.24. The van der Waals surface area contributed by atoms with Gasteiger partial charge in [-0.15, -0.1) is 0 Å². The van der Waals surface area contributed by atoms with E-state index in [4.69, 9.17) is 9.26 Å². The molecule has 0 aliphatic carbocycles. The summed E-state index contributed by atoms with van der Waals surface area (Å²) in [5.74, 6) is 1.61. The van der Waals surface area contributed by atoms with Gasteiger partial charge in [0.2, 0.25) is 5.91 Å². The summed E-state index contributed by atoms with van der Waals surface area (Å²) in [5, 5.41) is 11.2. The molecule has 146 valence electrons. The molecule has 7 heteroatoms. The van der Waals surface area contributed by atoms with Crippen LogP contribution in [0.25, 0.3) is 11.3 Å². The van der Waals surface area contributed by atoms with Gasteiger partial charge in [-0.3, -0.25) is 9.89 Å². The number of aryl methyl sites for hydroxylation is 1. The molecule has 0 spiro atoms. The highest BCUT2D eigenvalue weighted by molar-refractivity contribution is 5.80. The van der Waals surface area contributed by atoms with Crippen LogP contribution in [-0.2, 0) is 11.2 Å². The second kappa shape index (κ2) is 7.88. The van der Waals surface area contributed by atoms with Gasteiger partial charge in [0, 0.05) is 12.6 Å². The second-order valence-electron chi connectivity index (χ2n) is 7.03. The van der Waals surface area contributed by atoms with Crippen molar-refractivity contribution in [3.8, 4) is 17.1 Å². The van der Waals surface area contributed by atoms with Crippen molar-refractivity contribution in [1.82, 2.24) is 20.3 Å². The summed E-state index contributed by atoms with van der Waals surface area (Å²) in [5.41, 5.74) is 3.58. The summed E-state index contributed by atoms with van der Waals surface area (Å²) < 4.78 is 10.9. The van der Waals surface area contributed by atoms with Crippen molar-refractivity contribution < 1.29 is 14.1 Å². The van der Waals surface area contributed by atoms with Crippen molar-refractivity contribution in [2.45, 2.75) is 39.2 Å². The Kier molecular flexibility index (Phi) is 5.14. The van der Waals surface area contributed by atoms with E-state index in [1.165, 1.54) is 0 Å². The predicted octanol–water partition coefficient (Wildman–Crippen LogP) is 3.68. The Morgan fingerprint density at radius 3 is 2.89 bits per heavy atom. The first kappa shape index (κ1) is 18.3. The Bertz CT molecular complexity index is 945. The predicted molar refractivity (Wildman–Crippen MR) is 104 cm³/mol. The number of nitrogens with zero attached hydrogens (tertiary/aromatic N) is 3. The number of amides is 1. The van der Waals surface area contributed by atoms with Gasteiger partial charge < -0.3 is 14.2 Å². The van der Waals surface area contributed by atoms with Crippen LogP contribution in [0.5, 0.6) is 5.75 Å². The minimum atomic E-state index is -0.0295. The number of benzene rings is 1.